The van der Waals surface area contributed by atoms with E-state index in [4.69, 9.17) is 4.74 Å². The number of para-hydroxylation sites is 1. The first-order valence-corrected chi connectivity index (χ1v) is 9.22. The molecule has 1 atom stereocenters. The van der Waals surface area contributed by atoms with Gasteiger partial charge in [-0.25, -0.2) is 0 Å². The van der Waals surface area contributed by atoms with Crippen LogP contribution in [0.4, 0.5) is 0 Å². The number of ether oxygens (including phenoxy) is 1. The van der Waals surface area contributed by atoms with E-state index in [1.54, 1.807) is 18.0 Å². The Morgan fingerprint density at radius 2 is 2.07 bits per heavy atom. The van der Waals surface area contributed by atoms with Crippen LogP contribution in [0, 0.1) is 0 Å². The zero-order valence-electron chi connectivity index (χ0n) is 15.7. The molecule has 0 radical (unpaired) electrons. The lowest BCUT2D eigenvalue weighted by Gasteiger charge is -2.20. The number of nitrogens with zero attached hydrogens (tertiary/aromatic N) is 5. The average Bonchev–Trinajstić information content (AvgIpc) is 3.23. The third kappa shape index (κ3) is 3.61. The highest BCUT2D eigenvalue weighted by molar-refractivity contribution is 5.33. The molecule has 27 heavy (non-hydrogen) atoms. The van der Waals surface area contributed by atoms with Gasteiger partial charge in [-0.1, -0.05) is 18.2 Å². The predicted octanol–water partition coefficient (Wildman–Crippen LogP) is 2.11. The fourth-order valence-electron chi connectivity index (χ4n) is 3.70. The van der Waals surface area contributed by atoms with Crippen LogP contribution in [0.15, 0.2) is 42.6 Å². The van der Waals surface area contributed by atoms with Gasteiger partial charge in [-0.2, -0.15) is 10.2 Å². The van der Waals surface area contributed by atoms with Crippen LogP contribution in [-0.2, 0) is 26.7 Å². The molecule has 0 unspecified atom stereocenters. The van der Waals surface area contributed by atoms with Gasteiger partial charge in [0.25, 0.3) is 0 Å². The van der Waals surface area contributed by atoms with Gasteiger partial charge in [-0.3, -0.25) is 14.3 Å². The minimum absolute atomic E-state index is 0.674. The first-order chi connectivity index (χ1) is 13.2. The van der Waals surface area contributed by atoms with E-state index < -0.39 is 6.10 Å². The molecule has 0 amide bonds. The number of hydrogen-bond donors (Lipinski definition) is 1. The second-order valence-corrected chi connectivity index (χ2v) is 6.94. The van der Waals surface area contributed by atoms with E-state index in [0.717, 1.165) is 49.7 Å². The van der Waals surface area contributed by atoms with Crippen molar-refractivity contribution in [3.63, 3.8) is 0 Å². The molecule has 2 aromatic heterocycles. The van der Waals surface area contributed by atoms with Crippen molar-refractivity contribution in [2.75, 3.05) is 13.7 Å². The lowest BCUT2D eigenvalue weighted by molar-refractivity contribution is 0.203. The molecule has 7 heteroatoms. The fourth-order valence-corrected chi connectivity index (χ4v) is 3.70. The largest absolute Gasteiger partial charge is 0.496 e. The van der Waals surface area contributed by atoms with Crippen molar-refractivity contribution < 1.29 is 9.84 Å². The number of benzene rings is 1. The summed E-state index contributed by atoms with van der Waals surface area (Å²) in [5, 5.41) is 19.5. The van der Waals surface area contributed by atoms with Crippen LogP contribution in [0.5, 0.6) is 5.75 Å². The maximum absolute atomic E-state index is 10.7. The molecule has 0 aliphatic carbocycles. The molecule has 4 rings (SSSR count). The molecule has 0 saturated carbocycles. The van der Waals surface area contributed by atoms with Gasteiger partial charge in [0.2, 0.25) is 0 Å². The number of aliphatic hydroxyl groups excluding tert-OH is 1. The molecule has 0 fully saturated rings. The van der Waals surface area contributed by atoms with Crippen molar-refractivity contribution in [3.8, 4) is 5.75 Å². The van der Waals surface area contributed by atoms with E-state index in [9.17, 15) is 5.11 Å². The van der Waals surface area contributed by atoms with Gasteiger partial charge in [0, 0.05) is 45.0 Å². The van der Waals surface area contributed by atoms with Crippen molar-refractivity contribution in [2.45, 2.75) is 32.2 Å². The van der Waals surface area contributed by atoms with Gasteiger partial charge < -0.3 is 9.84 Å². The minimum Gasteiger partial charge on any atom is -0.496 e. The Bertz CT molecular complexity index is 917. The molecule has 7 nitrogen and oxygen atoms in total. The third-order valence-electron chi connectivity index (χ3n) is 5.12. The first kappa shape index (κ1) is 17.8. The highest BCUT2D eigenvalue weighted by Crippen LogP contribution is 2.25. The number of aliphatic hydroxyl groups is 1. The van der Waals surface area contributed by atoms with Crippen molar-refractivity contribution in [1.82, 2.24) is 24.5 Å². The van der Waals surface area contributed by atoms with Crippen molar-refractivity contribution in [2.24, 2.45) is 7.05 Å². The van der Waals surface area contributed by atoms with Gasteiger partial charge in [-0.15, -0.1) is 0 Å². The molecular formula is C20H25N5O2. The molecule has 0 saturated heterocycles. The van der Waals surface area contributed by atoms with Gasteiger partial charge in [-0.05, 0) is 24.6 Å². The van der Waals surface area contributed by atoms with Crippen LogP contribution < -0.4 is 4.74 Å². The summed E-state index contributed by atoms with van der Waals surface area (Å²) in [4.78, 5) is 2.40. The second kappa shape index (κ2) is 7.54. The van der Waals surface area contributed by atoms with Crippen LogP contribution in [0.2, 0.25) is 0 Å². The molecular weight excluding hydrogens is 342 g/mol. The van der Waals surface area contributed by atoms with Gasteiger partial charge in [0.1, 0.15) is 11.9 Å². The third-order valence-corrected chi connectivity index (χ3v) is 5.12. The number of fused-ring (bicyclic) bond motifs is 1. The summed E-state index contributed by atoms with van der Waals surface area (Å²) >= 11 is 0. The molecule has 1 aliphatic heterocycles. The molecule has 1 aromatic carbocycles. The number of aromatic nitrogens is 4. The monoisotopic (exact) mass is 367 g/mol. The molecule has 0 spiro atoms. The zero-order chi connectivity index (χ0) is 18.8. The summed E-state index contributed by atoms with van der Waals surface area (Å²) in [6.07, 6.45) is 1.94. The maximum atomic E-state index is 10.7. The van der Waals surface area contributed by atoms with Crippen molar-refractivity contribution >= 4 is 0 Å². The van der Waals surface area contributed by atoms with E-state index in [0.29, 0.717) is 5.69 Å². The predicted molar refractivity (Wildman–Crippen MR) is 101 cm³/mol. The Balaban J connectivity index is 1.54. The van der Waals surface area contributed by atoms with E-state index in [1.165, 1.54) is 5.56 Å². The standard InChI is InChI=1S/C20H25N5O2/c1-23-18(8-9-21-23)20(26)17-12-16-14-24(10-5-11-25(16)22-17)13-15-6-3-4-7-19(15)27-2/h3-4,6-9,12,20,26H,5,10-11,13-14H2,1-2H3/t20-/m1/s1. The van der Waals surface area contributed by atoms with Crippen LogP contribution in [-0.4, -0.2) is 43.2 Å². The van der Waals surface area contributed by atoms with E-state index in [1.807, 2.05) is 42.1 Å². The van der Waals surface area contributed by atoms with Crippen LogP contribution in [0.25, 0.3) is 0 Å². The molecule has 1 N–H and O–H groups in total. The maximum Gasteiger partial charge on any atom is 0.139 e. The van der Waals surface area contributed by atoms with Crippen LogP contribution in [0.3, 0.4) is 0 Å². The first-order valence-electron chi connectivity index (χ1n) is 9.22. The fraction of sp³-hybridized carbons (Fsp3) is 0.400. The molecule has 142 valence electrons. The van der Waals surface area contributed by atoms with Crippen LogP contribution in [0.1, 0.15) is 35.2 Å². The quantitative estimate of drug-likeness (QED) is 0.748. The molecule has 0 bridgehead atoms. The number of hydrogen-bond acceptors (Lipinski definition) is 5. The SMILES string of the molecule is COc1ccccc1CN1CCCn2nc([C@@H](O)c3ccnn3C)cc2C1. The topological polar surface area (TPSA) is 68.3 Å². The van der Waals surface area contributed by atoms with E-state index in [-0.39, 0.29) is 0 Å². The lowest BCUT2D eigenvalue weighted by atomic mass is 10.1. The molecule has 1 aliphatic rings. The molecule has 3 heterocycles. The van der Waals surface area contributed by atoms with Crippen molar-refractivity contribution in [3.05, 3.63) is 65.2 Å². The number of methoxy groups -OCH3 is 1. The minimum atomic E-state index is -0.764. The highest BCUT2D eigenvalue weighted by atomic mass is 16.5. The summed E-state index contributed by atoms with van der Waals surface area (Å²) in [5.41, 5.74) is 3.73. The Hall–Kier alpha value is -2.64. The van der Waals surface area contributed by atoms with Crippen LogP contribution >= 0.6 is 0 Å². The number of rotatable bonds is 5. The van der Waals surface area contributed by atoms with Gasteiger partial charge >= 0.3 is 0 Å². The van der Waals surface area contributed by atoms with Gasteiger partial charge in [0.05, 0.1) is 24.2 Å². The smallest absolute Gasteiger partial charge is 0.139 e. The van der Waals surface area contributed by atoms with Gasteiger partial charge in [0.15, 0.2) is 0 Å². The zero-order valence-corrected chi connectivity index (χ0v) is 15.7. The Labute approximate surface area is 158 Å². The van der Waals surface area contributed by atoms with Crippen molar-refractivity contribution in [1.29, 1.82) is 0 Å². The summed E-state index contributed by atoms with van der Waals surface area (Å²) in [7, 11) is 3.54. The number of aryl methyl sites for hydroxylation is 2. The summed E-state index contributed by atoms with van der Waals surface area (Å²) in [6, 6.07) is 12.0. The Morgan fingerprint density at radius 3 is 2.85 bits per heavy atom. The second-order valence-electron chi connectivity index (χ2n) is 6.94. The molecule has 3 aromatic rings. The van der Waals surface area contributed by atoms with E-state index in [2.05, 4.69) is 21.2 Å². The summed E-state index contributed by atoms with van der Waals surface area (Å²) in [6.45, 7) is 3.48. The van der Waals surface area contributed by atoms with E-state index >= 15 is 0 Å². The normalized spacial score (nSPS) is 16.0. The summed E-state index contributed by atoms with van der Waals surface area (Å²) in [5.74, 6) is 0.919. The Morgan fingerprint density at radius 1 is 1.22 bits per heavy atom. The highest BCUT2D eigenvalue weighted by Gasteiger charge is 2.22. The average molecular weight is 367 g/mol. The Kier molecular flexibility index (Phi) is 4.96. The summed E-state index contributed by atoms with van der Waals surface area (Å²) < 4.78 is 9.20. The lowest BCUT2D eigenvalue weighted by Crippen LogP contribution is -2.23.